The van der Waals surface area contributed by atoms with E-state index in [0.29, 0.717) is 18.6 Å². The van der Waals surface area contributed by atoms with Crippen LogP contribution >= 0.6 is 0 Å². The lowest BCUT2D eigenvalue weighted by Crippen LogP contribution is -2.04. The van der Waals surface area contributed by atoms with Gasteiger partial charge in [0.2, 0.25) is 0 Å². The average Bonchev–Trinajstić information content (AvgIpc) is 2.34. The molecule has 17 heavy (non-hydrogen) atoms. The monoisotopic (exact) mass is 237 g/mol. The number of nitro groups is 1. The van der Waals surface area contributed by atoms with Gasteiger partial charge in [-0.2, -0.15) is 0 Å². The van der Waals surface area contributed by atoms with Crippen LogP contribution in [0.3, 0.4) is 0 Å². The van der Waals surface area contributed by atoms with Crippen molar-refractivity contribution < 1.29 is 19.2 Å². The summed E-state index contributed by atoms with van der Waals surface area (Å²) in [5.41, 5.74) is -0.258. The molecule has 0 amide bonds. The van der Waals surface area contributed by atoms with Gasteiger partial charge in [-0.25, -0.2) is 0 Å². The number of rotatable bonds is 7. The van der Waals surface area contributed by atoms with Gasteiger partial charge in [-0.05, 0) is 12.1 Å². The lowest BCUT2D eigenvalue weighted by Gasteiger charge is -2.06. The van der Waals surface area contributed by atoms with E-state index in [1.807, 2.05) is 0 Å². The summed E-state index contributed by atoms with van der Waals surface area (Å²) in [6.07, 6.45) is 1.71. The minimum atomic E-state index is -0.617. The van der Waals surface area contributed by atoms with Gasteiger partial charge in [0.15, 0.2) is 6.29 Å². The van der Waals surface area contributed by atoms with Crippen LogP contribution in [0.4, 0.5) is 5.69 Å². The lowest BCUT2D eigenvalue weighted by atomic mass is 10.2. The summed E-state index contributed by atoms with van der Waals surface area (Å²) in [7, 11) is 0. The van der Waals surface area contributed by atoms with Crippen LogP contribution in [0.15, 0.2) is 31.0 Å². The molecule has 0 bridgehead atoms. The predicted molar refractivity (Wildman–Crippen MR) is 60.1 cm³/mol. The maximum absolute atomic E-state index is 10.7. The molecule has 0 aliphatic carbocycles. The van der Waals surface area contributed by atoms with E-state index in [9.17, 15) is 14.9 Å². The van der Waals surface area contributed by atoms with Crippen LogP contribution in [0, 0.1) is 10.1 Å². The van der Waals surface area contributed by atoms with E-state index >= 15 is 0 Å². The van der Waals surface area contributed by atoms with Crippen molar-refractivity contribution in [2.24, 2.45) is 0 Å². The normalized spacial score (nSPS) is 9.41. The maximum atomic E-state index is 10.7. The maximum Gasteiger partial charge on any atom is 0.280 e. The van der Waals surface area contributed by atoms with Crippen molar-refractivity contribution in [1.82, 2.24) is 0 Å². The smallest absolute Gasteiger partial charge is 0.280 e. The number of hydrogen-bond acceptors (Lipinski definition) is 5. The molecule has 0 fully saturated rings. The first kappa shape index (κ1) is 12.7. The van der Waals surface area contributed by atoms with Gasteiger partial charge in [-0.15, -0.1) is 0 Å². The fraction of sp³-hybridized carbons (Fsp3) is 0.182. The van der Waals surface area contributed by atoms with Crippen molar-refractivity contribution in [1.29, 1.82) is 0 Å². The molecule has 0 saturated heterocycles. The Kier molecular flexibility index (Phi) is 4.68. The number of carbonyl (C=O) groups excluding carboxylic acids is 1. The number of carbonyl (C=O) groups is 1. The third-order valence-electron chi connectivity index (χ3n) is 1.91. The van der Waals surface area contributed by atoms with Gasteiger partial charge in [0, 0.05) is 6.07 Å². The Morgan fingerprint density at radius 1 is 1.41 bits per heavy atom. The highest BCUT2D eigenvalue weighted by Crippen LogP contribution is 2.22. The van der Waals surface area contributed by atoms with Crippen molar-refractivity contribution >= 4 is 12.0 Å². The fourth-order valence-electron chi connectivity index (χ4n) is 1.17. The van der Waals surface area contributed by atoms with Gasteiger partial charge in [-0.3, -0.25) is 14.9 Å². The van der Waals surface area contributed by atoms with Crippen LogP contribution in [-0.4, -0.2) is 24.4 Å². The van der Waals surface area contributed by atoms with Gasteiger partial charge in [-0.1, -0.05) is 6.58 Å². The van der Waals surface area contributed by atoms with Gasteiger partial charge in [0.1, 0.15) is 19.0 Å². The molecule has 1 aromatic rings. The summed E-state index contributed by atoms with van der Waals surface area (Å²) in [6.45, 7) is 3.95. The van der Waals surface area contributed by atoms with Crippen LogP contribution in [0.25, 0.3) is 0 Å². The van der Waals surface area contributed by atoms with Crippen LogP contribution in [0.5, 0.6) is 5.75 Å². The van der Waals surface area contributed by atoms with Crippen molar-refractivity contribution in [3.63, 3.8) is 0 Å². The summed E-state index contributed by atoms with van der Waals surface area (Å²) < 4.78 is 10.1. The van der Waals surface area contributed by atoms with E-state index in [1.165, 1.54) is 24.5 Å². The second kappa shape index (κ2) is 6.26. The zero-order valence-corrected chi connectivity index (χ0v) is 9.00. The SMILES string of the molecule is C=COCCOc1ccc([N+](=O)[O-])c(C=O)c1. The molecule has 1 aromatic carbocycles. The zero-order chi connectivity index (χ0) is 12.7. The van der Waals surface area contributed by atoms with Crippen molar-refractivity contribution in [3.05, 3.63) is 46.7 Å². The number of aldehydes is 1. The first-order chi connectivity index (χ1) is 8.19. The number of hydrogen-bond donors (Lipinski definition) is 0. The van der Waals surface area contributed by atoms with Crippen LogP contribution < -0.4 is 4.74 Å². The number of ether oxygens (including phenoxy) is 2. The van der Waals surface area contributed by atoms with Crippen molar-refractivity contribution in [2.75, 3.05) is 13.2 Å². The van der Waals surface area contributed by atoms with E-state index in [4.69, 9.17) is 9.47 Å². The molecule has 0 aromatic heterocycles. The molecule has 0 saturated carbocycles. The summed E-state index contributed by atoms with van der Waals surface area (Å²) >= 11 is 0. The molecular weight excluding hydrogens is 226 g/mol. The van der Waals surface area contributed by atoms with E-state index in [-0.39, 0.29) is 17.9 Å². The average molecular weight is 237 g/mol. The van der Waals surface area contributed by atoms with Gasteiger partial charge in [0.05, 0.1) is 16.7 Å². The van der Waals surface area contributed by atoms with Gasteiger partial charge in [0.25, 0.3) is 5.69 Å². The van der Waals surface area contributed by atoms with E-state index in [0.717, 1.165) is 0 Å². The quantitative estimate of drug-likeness (QED) is 0.238. The van der Waals surface area contributed by atoms with Crippen LogP contribution in [0.1, 0.15) is 10.4 Å². The zero-order valence-electron chi connectivity index (χ0n) is 9.00. The Hall–Kier alpha value is -2.37. The molecule has 0 unspecified atom stereocenters. The summed E-state index contributed by atoms with van der Waals surface area (Å²) in [5, 5.41) is 10.6. The number of nitro benzene ring substituents is 1. The van der Waals surface area contributed by atoms with E-state index in [2.05, 4.69) is 6.58 Å². The molecular formula is C11H11NO5. The highest BCUT2D eigenvalue weighted by atomic mass is 16.6. The summed E-state index contributed by atoms with van der Waals surface area (Å²) in [5.74, 6) is 0.380. The molecule has 6 heteroatoms. The third kappa shape index (κ3) is 3.60. The second-order valence-electron chi connectivity index (χ2n) is 2.98. The molecule has 6 nitrogen and oxygen atoms in total. The fourth-order valence-corrected chi connectivity index (χ4v) is 1.17. The number of nitrogens with zero attached hydrogens (tertiary/aromatic N) is 1. The molecule has 0 aliphatic heterocycles. The molecule has 1 rings (SSSR count). The highest BCUT2D eigenvalue weighted by Gasteiger charge is 2.13. The van der Waals surface area contributed by atoms with Gasteiger partial charge >= 0.3 is 0 Å². The summed E-state index contributed by atoms with van der Waals surface area (Å²) in [6, 6.07) is 3.98. The first-order valence-corrected chi connectivity index (χ1v) is 4.78. The molecule has 0 heterocycles. The first-order valence-electron chi connectivity index (χ1n) is 4.78. The Bertz CT molecular complexity index is 430. The largest absolute Gasteiger partial charge is 0.498 e. The predicted octanol–water partition coefficient (Wildman–Crippen LogP) is 1.95. The molecule has 0 aliphatic rings. The Balaban J connectivity index is 2.72. The Labute approximate surface area is 97.6 Å². The molecule has 0 atom stereocenters. The topological polar surface area (TPSA) is 78.7 Å². The summed E-state index contributed by atoms with van der Waals surface area (Å²) in [4.78, 5) is 20.6. The van der Waals surface area contributed by atoms with Crippen LogP contribution in [0.2, 0.25) is 0 Å². The van der Waals surface area contributed by atoms with Crippen molar-refractivity contribution in [3.8, 4) is 5.75 Å². The van der Waals surface area contributed by atoms with E-state index in [1.54, 1.807) is 0 Å². The third-order valence-corrected chi connectivity index (χ3v) is 1.91. The minimum Gasteiger partial charge on any atom is -0.498 e. The molecule has 0 N–H and O–H groups in total. The standard InChI is InChI=1S/C11H11NO5/c1-2-16-5-6-17-10-3-4-11(12(14)15)9(7-10)8-13/h2-4,7-8H,1,5-6H2. The highest BCUT2D eigenvalue weighted by molar-refractivity contribution is 5.82. The minimum absolute atomic E-state index is 0.0165. The number of benzene rings is 1. The van der Waals surface area contributed by atoms with E-state index < -0.39 is 4.92 Å². The molecule has 0 radical (unpaired) electrons. The molecule has 90 valence electrons. The second-order valence-corrected chi connectivity index (χ2v) is 2.98. The van der Waals surface area contributed by atoms with Crippen LogP contribution in [-0.2, 0) is 4.74 Å². The van der Waals surface area contributed by atoms with Gasteiger partial charge < -0.3 is 9.47 Å². The molecule has 0 spiro atoms. The Morgan fingerprint density at radius 2 is 2.18 bits per heavy atom. The lowest BCUT2D eigenvalue weighted by molar-refractivity contribution is -0.385. The Morgan fingerprint density at radius 3 is 2.76 bits per heavy atom. The van der Waals surface area contributed by atoms with Crippen molar-refractivity contribution in [2.45, 2.75) is 0 Å².